The number of piperazine rings is 1. The molecule has 2 rings (SSSR count). The molecule has 1 aliphatic heterocycles. The third-order valence-electron chi connectivity index (χ3n) is 4.70. The van der Waals surface area contributed by atoms with Crippen LogP contribution in [0.3, 0.4) is 0 Å². The van der Waals surface area contributed by atoms with Gasteiger partial charge in [-0.1, -0.05) is 25.6 Å². The summed E-state index contributed by atoms with van der Waals surface area (Å²) in [6.45, 7) is 12.4. The zero-order valence-electron chi connectivity index (χ0n) is 17.7. The molecule has 1 saturated heterocycles. The van der Waals surface area contributed by atoms with Crippen molar-refractivity contribution in [1.29, 1.82) is 0 Å². The Morgan fingerprint density at radius 2 is 1.86 bits per heavy atom. The number of rotatable bonds is 5. The summed E-state index contributed by atoms with van der Waals surface area (Å²) >= 11 is 0. The van der Waals surface area contributed by atoms with Crippen LogP contribution in [0.2, 0.25) is 0 Å². The zero-order valence-corrected chi connectivity index (χ0v) is 17.7. The highest BCUT2D eigenvalue weighted by Gasteiger charge is 2.33. The van der Waals surface area contributed by atoms with Crippen molar-refractivity contribution in [2.45, 2.75) is 52.2 Å². The van der Waals surface area contributed by atoms with Gasteiger partial charge in [-0.2, -0.15) is 0 Å². The summed E-state index contributed by atoms with van der Waals surface area (Å²) in [7, 11) is 0. The number of carbonyl (C=O) groups is 3. The van der Waals surface area contributed by atoms with E-state index in [4.69, 9.17) is 4.74 Å². The van der Waals surface area contributed by atoms with Crippen molar-refractivity contribution in [3.63, 3.8) is 0 Å². The molecule has 0 aromatic heterocycles. The van der Waals surface area contributed by atoms with E-state index in [9.17, 15) is 14.4 Å². The van der Waals surface area contributed by atoms with Gasteiger partial charge in [-0.05, 0) is 51.0 Å². The second-order valence-electron chi connectivity index (χ2n) is 8.14. The zero-order chi connectivity index (χ0) is 21.6. The molecule has 1 atom stereocenters. The number of hydrogen-bond acceptors (Lipinski definition) is 4. The minimum absolute atomic E-state index is 0.0233. The van der Waals surface area contributed by atoms with Gasteiger partial charge in [-0.25, -0.2) is 4.79 Å². The Balaban J connectivity index is 1.94. The molecule has 0 radical (unpaired) electrons. The van der Waals surface area contributed by atoms with Gasteiger partial charge in [-0.3, -0.25) is 9.59 Å². The van der Waals surface area contributed by atoms with Crippen LogP contribution in [0.1, 0.15) is 39.7 Å². The molecule has 1 aromatic rings. The number of nitrogens with one attached hydrogen (secondary N) is 1. The molecule has 1 unspecified atom stereocenters. The highest BCUT2D eigenvalue weighted by molar-refractivity contribution is 5.98. The summed E-state index contributed by atoms with van der Waals surface area (Å²) in [5.74, 6) is -0.252. The highest BCUT2D eigenvalue weighted by atomic mass is 16.6. The lowest BCUT2D eigenvalue weighted by Gasteiger charge is -2.41. The van der Waals surface area contributed by atoms with Crippen molar-refractivity contribution in [2.75, 3.05) is 25.0 Å². The molecule has 7 nitrogen and oxygen atoms in total. The molecule has 1 aromatic carbocycles. The van der Waals surface area contributed by atoms with E-state index in [1.54, 1.807) is 17.0 Å². The summed E-state index contributed by atoms with van der Waals surface area (Å²) in [5.41, 5.74) is 0.983. The number of nitrogens with zero attached hydrogens (tertiary/aromatic N) is 2. The smallest absolute Gasteiger partial charge is 0.410 e. The van der Waals surface area contributed by atoms with Crippen molar-refractivity contribution in [3.05, 3.63) is 42.5 Å². The summed E-state index contributed by atoms with van der Waals surface area (Å²) in [6, 6.07) is 7.12. The summed E-state index contributed by atoms with van der Waals surface area (Å²) in [5, 5.41) is 2.68. The van der Waals surface area contributed by atoms with Crippen molar-refractivity contribution >= 4 is 23.6 Å². The Kier molecular flexibility index (Phi) is 7.42. The first kappa shape index (κ1) is 22.5. The van der Waals surface area contributed by atoms with Gasteiger partial charge in [0.25, 0.3) is 0 Å². The van der Waals surface area contributed by atoms with Crippen LogP contribution in [-0.2, 0) is 20.7 Å². The van der Waals surface area contributed by atoms with E-state index in [-0.39, 0.29) is 30.4 Å². The van der Waals surface area contributed by atoms with Gasteiger partial charge in [0.2, 0.25) is 11.8 Å². The number of ether oxygens (including phenoxy) is 1. The third-order valence-corrected chi connectivity index (χ3v) is 4.70. The van der Waals surface area contributed by atoms with Crippen LogP contribution in [0.25, 0.3) is 0 Å². The highest BCUT2D eigenvalue weighted by Crippen LogP contribution is 2.19. The molecule has 1 N–H and O–H groups in total. The second kappa shape index (κ2) is 9.58. The monoisotopic (exact) mass is 401 g/mol. The number of hydrogen-bond donors (Lipinski definition) is 1. The Labute approximate surface area is 172 Å². The van der Waals surface area contributed by atoms with Gasteiger partial charge >= 0.3 is 6.09 Å². The average molecular weight is 402 g/mol. The van der Waals surface area contributed by atoms with E-state index < -0.39 is 5.60 Å². The van der Waals surface area contributed by atoms with E-state index in [0.29, 0.717) is 25.3 Å². The van der Waals surface area contributed by atoms with Crippen LogP contribution in [0.4, 0.5) is 10.5 Å². The molecule has 3 amide bonds. The molecule has 1 heterocycles. The van der Waals surface area contributed by atoms with E-state index in [0.717, 1.165) is 12.0 Å². The Morgan fingerprint density at radius 1 is 1.21 bits per heavy atom. The predicted octanol–water partition coefficient (Wildman–Crippen LogP) is 3.21. The molecule has 1 aliphatic rings. The predicted molar refractivity (Wildman–Crippen MR) is 113 cm³/mol. The van der Waals surface area contributed by atoms with Gasteiger partial charge in [0.15, 0.2) is 0 Å². The van der Waals surface area contributed by atoms with Gasteiger partial charge in [-0.15, -0.1) is 0 Å². The number of carbonyl (C=O) groups excluding carboxylic acids is 3. The summed E-state index contributed by atoms with van der Waals surface area (Å²) < 4.78 is 5.49. The quantitative estimate of drug-likeness (QED) is 0.769. The third kappa shape index (κ3) is 6.62. The molecule has 0 saturated carbocycles. The molecule has 1 fully saturated rings. The fourth-order valence-electron chi connectivity index (χ4n) is 3.18. The number of benzene rings is 1. The van der Waals surface area contributed by atoms with E-state index in [1.807, 2.05) is 44.7 Å². The van der Waals surface area contributed by atoms with Crippen molar-refractivity contribution in [2.24, 2.45) is 0 Å². The first-order valence-corrected chi connectivity index (χ1v) is 9.92. The van der Waals surface area contributed by atoms with Gasteiger partial charge in [0.05, 0.1) is 12.5 Å². The van der Waals surface area contributed by atoms with Crippen LogP contribution >= 0.6 is 0 Å². The maximum atomic E-state index is 12.8. The van der Waals surface area contributed by atoms with Crippen molar-refractivity contribution < 1.29 is 19.1 Å². The molecule has 7 heteroatoms. The lowest BCUT2D eigenvalue weighted by Crippen LogP contribution is -2.57. The van der Waals surface area contributed by atoms with Crippen LogP contribution in [0, 0.1) is 0 Å². The Morgan fingerprint density at radius 3 is 2.41 bits per heavy atom. The maximum absolute atomic E-state index is 12.8. The van der Waals surface area contributed by atoms with Crippen LogP contribution in [-0.4, -0.2) is 59.0 Å². The van der Waals surface area contributed by atoms with Crippen molar-refractivity contribution in [1.82, 2.24) is 9.80 Å². The topological polar surface area (TPSA) is 79.0 Å². The Hall–Kier alpha value is -2.83. The van der Waals surface area contributed by atoms with Crippen LogP contribution in [0.5, 0.6) is 0 Å². The van der Waals surface area contributed by atoms with Gasteiger partial charge in [0.1, 0.15) is 5.60 Å². The largest absolute Gasteiger partial charge is 0.444 e. The molecule has 29 heavy (non-hydrogen) atoms. The molecular weight excluding hydrogens is 370 g/mol. The SMILES string of the molecule is C=CC(=O)Nc1ccc(CC(=O)N2CCN(C(=O)OC(C)(C)C)C(CC)C2)cc1. The van der Waals surface area contributed by atoms with Gasteiger partial charge < -0.3 is 19.9 Å². The molecule has 0 spiro atoms. The fraction of sp³-hybridized carbons (Fsp3) is 0.500. The average Bonchev–Trinajstić information content (AvgIpc) is 2.67. The standard InChI is InChI=1S/C22H31N3O4/c1-6-18-15-24(12-13-25(18)21(28)29-22(3,4)5)20(27)14-16-8-10-17(11-9-16)23-19(26)7-2/h7-11,18H,2,6,12-15H2,1,3-5H3,(H,23,26). The van der Waals surface area contributed by atoms with Crippen LogP contribution < -0.4 is 5.32 Å². The van der Waals surface area contributed by atoms with E-state index in [1.165, 1.54) is 6.08 Å². The molecule has 0 aliphatic carbocycles. The fourth-order valence-corrected chi connectivity index (χ4v) is 3.18. The number of anilines is 1. The summed E-state index contributed by atoms with van der Waals surface area (Å²) in [6.07, 6.45) is 1.91. The molecule has 158 valence electrons. The first-order chi connectivity index (χ1) is 13.6. The normalized spacial score (nSPS) is 16.9. The molecule has 0 bridgehead atoms. The van der Waals surface area contributed by atoms with E-state index in [2.05, 4.69) is 11.9 Å². The minimum atomic E-state index is -0.542. The lowest BCUT2D eigenvalue weighted by atomic mass is 10.1. The first-order valence-electron chi connectivity index (χ1n) is 9.92. The molecular formula is C22H31N3O4. The van der Waals surface area contributed by atoms with Crippen molar-refractivity contribution in [3.8, 4) is 0 Å². The van der Waals surface area contributed by atoms with Gasteiger partial charge in [0, 0.05) is 25.3 Å². The second-order valence-corrected chi connectivity index (χ2v) is 8.14. The maximum Gasteiger partial charge on any atom is 0.410 e. The summed E-state index contributed by atoms with van der Waals surface area (Å²) in [4.78, 5) is 40.1. The Bertz CT molecular complexity index is 752. The van der Waals surface area contributed by atoms with E-state index >= 15 is 0 Å². The van der Waals surface area contributed by atoms with Crippen LogP contribution in [0.15, 0.2) is 36.9 Å². The minimum Gasteiger partial charge on any atom is -0.444 e. The number of amides is 3. The lowest BCUT2D eigenvalue weighted by molar-refractivity contribution is -0.133.